The number of carbonyl (C=O) groups is 2. The third-order valence-electron chi connectivity index (χ3n) is 2.56. The molecule has 22 heavy (non-hydrogen) atoms. The maximum Gasteiger partial charge on any atom is 0.516 e. The number of benzene rings is 1. The molecule has 2 aromatic rings. The smallest absolute Gasteiger partial charge is 0.437 e. The first kappa shape index (κ1) is 15.2. The predicted octanol–water partition coefficient (Wildman–Crippen LogP) is 2.70. The van der Waals surface area contributed by atoms with Gasteiger partial charge in [0.25, 0.3) is 11.6 Å². The number of hydrogen-bond donors (Lipinski definition) is 0. The topological polar surface area (TPSA) is 109 Å². The fourth-order valence-electron chi connectivity index (χ4n) is 1.56. The van der Waals surface area contributed by atoms with Gasteiger partial charge in [-0.25, -0.2) is 9.18 Å². The zero-order valence-corrected chi connectivity index (χ0v) is 11.1. The summed E-state index contributed by atoms with van der Waals surface area (Å²) in [5.41, 5.74) is -0.896. The van der Waals surface area contributed by atoms with Crippen molar-refractivity contribution < 1.29 is 32.8 Å². The second-order valence-electron chi connectivity index (χ2n) is 3.93. The zero-order valence-electron chi connectivity index (χ0n) is 11.1. The zero-order chi connectivity index (χ0) is 16.3. The molecular weight excluding hydrogens is 301 g/mol. The normalized spacial score (nSPS) is 10.1. The summed E-state index contributed by atoms with van der Waals surface area (Å²) >= 11 is 0. The van der Waals surface area contributed by atoms with E-state index in [4.69, 9.17) is 4.42 Å². The summed E-state index contributed by atoms with van der Waals surface area (Å²) in [5, 5.41) is 10.5. The largest absolute Gasteiger partial charge is 0.516 e. The van der Waals surface area contributed by atoms with Crippen LogP contribution in [0.2, 0.25) is 0 Å². The number of nitrogens with zero attached hydrogens (tertiary/aromatic N) is 1. The van der Waals surface area contributed by atoms with Crippen molar-refractivity contribution >= 4 is 17.6 Å². The molecule has 2 rings (SSSR count). The van der Waals surface area contributed by atoms with Crippen LogP contribution in [0.15, 0.2) is 34.7 Å². The average Bonchev–Trinajstić information content (AvgIpc) is 2.94. The van der Waals surface area contributed by atoms with Crippen LogP contribution in [0.5, 0.6) is 5.95 Å². The van der Waals surface area contributed by atoms with E-state index in [9.17, 15) is 24.1 Å². The monoisotopic (exact) mass is 309 g/mol. The van der Waals surface area contributed by atoms with Gasteiger partial charge in [0.05, 0.1) is 23.7 Å². The molecule has 0 amide bonds. The van der Waals surface area contributed by atoms with E-state index in [1.54, 1.807) is 0 Å². The Kier molecular flexibility index (Phi) is 4.16. The van der Waals surface area contributed by atoms with E-state index < -0.39 is 33.9 Å². The van der Waals surface area contributed by atoms with E-state index >= 15 is 0 Å². The van der Waals surface area contributed by atoms with Crippen molar-refractivity contribution in [1.82, 2.24) is 0 Å². The van der Waals surface area contributed by atoms with Gasteiger partial charge in [0.15, 0.2) is 5.76 Å². The highest BCUT2D eigenvalue weighted by Gasteiger charge is 2.21. The van der Waals surface area contributed by atoms with Crippen LogP contribution in [-0.2, 0) is 4.74 Å². The van der Waals surface area contributed by atoms with E-state index in [0.717, 1.165) is 19.2 Å². The highest BCUT2D eigenvalue weighted by molar-refractivity contribution is 6.07. The maximum absolute atomic E-state index is 13.7. The molecular formula is C13H8FNO7. The molecule has 0 aliphatic heterocycles. The molecule has 0 N–H and O–H groups in total. The Morgan fingerprint density at radius 1 is 1.27 bits per heavy atom. The summed E-state index contributed by atoms with van der Waals surface area (Å²) in [6.45, 7) is 0. The third kappa shape index (κ3) is 3.08. The van der Waals surface area contributed by atoms with Crippen LogP contribution in [0.25, 0.3) is 0 Å². The van der Waals surface area contributed by atoms with E-state index in [2.05, 4.69) is 9.47 Å². The number of ketones is 1. The van der Waals surface area contributed by atoms with Crippen molar-refractivity contribution in [2.75, 3.05) is 7.11 Å². The van der Waals surface area contributed by atoms with Crippen molar-refractivity contribution in [3.63, 3.8) is 0 Å². The van der Waals surface area contributed by atoms with Gasteiger partial charge in [-0.1, -0.05) is 0 Å². The van der Waals surface area contributed by atoms with Gasteiger partial charge in [-0.15, -0.1) is 0 Å². The number of nitro benzene ring substituents is 1. The van der Waals surface area contributed by atoms with E-state index in [0.29, 0.717) is 6.07 Å². The molecule has 0 aliphatic rings. The quantitative estimate of drug-likeness (QED) is 0.369. The van der Waals surface area contributed by atoms with Crippen molar-refractivity contribution in [2.45, 2.75) is 0 Å². The lowest BCUT2D eigenvalue weighted by atomic mass is 10.1. The highest BCUT2D eigenvalue weighted by atomic mass is 19.1. The van der Waals surface area contributed by atoms with Crippen LogP contribution in [0.1, 0.15) is 16.1 Å². The molecule has 114 valence electrons. The number of rotatable bonds is 4. The molecule has 0 saturated carbocycles. The fourth-order valence-corrected chi connectivity index (χ4v) is 1.56. The summed E-state index contributed by atoms with van der Waals surface area (Å²) < 4.78 is 27.5. The van der Waals surface area contributed by atoms with Crippen molar-refractivity contribution in [1.29, 1.82) is 0 Å². The van der Waals surface area contributed by atoms with E-state index in [1.807, 2.05) is 0 Å². The van der Waals surface area contributed by atoms with Crippen molar-refractivity contribution in [3.8, 4) is 5.95 Å². The SMILES string of the molecule is COC(=O)Oc1ccc(C(=O)c2ccc([N+](=O)[O-])cc2F)o1. The molecule has 0 atom stereocenters. The summed E-state index contributed by atoms with van der Waals surface area (Å²) in [7, 11) is 1.09. The first-order chi connectivity index (χ1) is 10.4. The Hall–Kier alpha value is -3.23. The Morgan fingerprint density at radius 3 is 2.59 bits per heavy atom. The van der Waals surface area contributed by atoms with E-state index in [-0.39, 0.29) is 11.7 Å². The molecule has 0 spiro atoms. The second-order valence-corrected chi connectivity index (χ2v) is 3.93. The van der Waals surface area contributed by atoms with Crippen LogP contribution in [0.4, 0.5) is 14.9 Å². The Balaban J connectivity index is 2.25. The van der Waals surface area contributed by atoms with Gasteiger partial charge in [0.2, 0.25) is 5.78 Å². The Morgan fingerprint density at radius 2 is 2.00 bits per heavy atom. The number of non-ortho nitro benzene ring substituents is 1. The molecule has 9 heteroatoms. The second kappa shape index (κ2) is 6.04. The minimum atomic E-state index is -1.06. The highest BCUT2D eigenvalue weighted by Crippen LogP contribution is 2.23. The lowest BCUT2D eigenvalue weighted by Crippen LogP contribution is -2.06. The van der Waals surface area contributed by atoms with Crippen LogP contribution in [-0.4, -0.2) is 24.0 Å². The first-order valence-corrected chi connectivity index (χ1v) is 5.76. The number of methoxy groups -OCH3 is 1. The summed E-state index contributed by atoms with van der Waals surface area (Å²) in [5.74, 6) is -2.53. The minimum absolute atomic E-state index is 0.299. The van der Waals surface area contributed by atoms with Gasteiger partial charge < -0.3 is 13.9 Å². The van der Waals surface area contributed by atoms with Crippen molar-refractivity contribution in [3.05, 3.63) is 57.6 Å². The van der Waals surface area contributed by atoms with Gasteiger partial charge >= 0.3 is 6.16 Å². The van der Waals surface area contributed by atoms with Gasteiger partial charge in [-0.2, -0.15) is 0 Å². The first-order valence-electron chi connectivity index (χ1n) is 5.76. The Labute approximate surface area is 122 Å². The molecule has 0 fully saturated rings. The van der Waals surface area contributed by atoms with Crippen LogP contribution in [0, 0.1) is 15.9 Å². The molecule has 0 radical (unpaired) electrons. The summed E-state index contributed by atoms with van der Waals surface area (Å²) in [4.78, 5) is 32.6. The van der Waals surface area contributed by atoms with Crippen LogP contribution in [0.3, 0.4) is 0 Å². The standard InChI is InChI=1S/C13H8FNO7/c1-20-13(17)22-11-5-4-10(21-11)12(16)8-3-2-7(15(18)19)6-9(8)14/h2-6H,1H3. The van der Waals surface area contributed by atoms with E-state index in [1.165, 1.54) is 12.1 Å². The number of furan rings is 1. The molecule has 0 saturated heterocycles. The third-order valence-corrected chi connectivity index (χ3v) is 2.56. The molecule has 0 bridgehead atoms. The van der Waals surface area contributed by atoms with Crippen LogP contribution >= 0.6 is 0 Å². The number of nitro groups is 1. The van der Waals surface area contributed by atoms with Gasteiger partial charge in [0, 0.05) is 12.1 Å². The number of carbonyl (C=O) groups excluding carboxylic acids is 2. The number of halogens is 1. The summed E-state index contributed by atoms with van der Waals surface area (Å²) in [6.07, 6.45) is -1.05. The Bertz CT molecular complexity index is 753. The maximum atomic E-state index is 13.7. The van der Waals surface area contributed by atoms with Gasteiger partial charge in [0.1, 0.15) is 5.82 Å². The molecule has 1 aromatic carbocycles. The average molecular weight is 309 g/mol. The molecule has 1 aromatic heterocycles. The minimum Gasteiger partial charge on any atom is -0.437 e. The lowest BCUT2D eigenvalue weighted by molar-refractivity contribution is -0.385. The lowest BCUT2D eigenvalue weighted by Gasteiger charge is -2.00. The fraction of sp³-hybridized carbons (Fsp3) is 0.0769. The number of hydrogen-bond acceptors (Lipinski definition) is 7. The molecule has 1 heterocycles. The molecule has 0 unspecified atom stereocenters. The predicted molar refractivity (Wildman–Crippen MR) is 68.2 cm³/mol. The molecule has 0 aliphatic carbocycles. The molecule has 8 nitrogen and oxygen atoms in total. The number of ether oxygens (including phenoxy) is 2. The van der Waals surface area contributed by atoms with Gasteiger partial charge in [-0.3, -0.25) is 14.9 Å². The van der Waals surface area contributed by atoms with Gasteiger partial charge in [-0.05, 0) is 12.1 Å². The summed E-state index contributed by atoms with van der Waals surface area (Å²) in [6, 6.07) is 4.93. The van der Waals surface area contributed by atoms with Crippen LogP contribution < -0.4 is 4.74 Å². The van der Waals surface area contributed by atoms with Crippen molar-refractivity contribution in [2.24, 2.45) is 0 Å².